The third-order valence-corrected chi connectivity index (χ3v) is 6.60. The van der Waals surface area contributed by atoms with E-state index >= 15 is 0 Å². The van der Waals surface area contributed by atoms with E-state index in [0.717, 1.165) is 53.4 Å². The van der Waals surface area contributed by atoms with Gasteiger partial charge in [0, 0.05) is 48.1 Å². The molecule has 1 saturated heterocycles. The van der Waals surface area contributed by atoms with Gasteiger partial charge in [-0.05, 0) is 80.8 Å². The third kappa shape index (κ3) is 5.16. The van der Waals surface area contributed by atoms with E-state index in [4.69, 9.17) is 4.98 Å². The van der Waals surface area contributed by atoms with Gasteiger partial charge >= 0.3 is 0 Å². The number of hydrogen-bond acceptors (Lipinski definition) is 3. The zero-order chi connectivity index (χ0) is 24.4. The Bertz CT molecular complexity index is 1350. The van der Waals surface area contributed by atoms with Crippen LogP contribution < -0.4 is 0 Å². The van der Waals surface area contributed by atoms with Crippen molar-refractivity contribution in [3.05, 3.63) is 113 Å². The van der Waals surface area contributed by atoms with Gasteiger partial charge in [-0.2, -0.15) is 5.10 Å². The van der Waals surface area contributed by atoms with Gasteiger partial charge in [0.05, 0.1) is 11.4 Å². The Hall–Kier alpha value is -3.80. The summed E-state index contributed by atoms with van der Waals surface area (Å²) >= 11 is 0. The molecule has 5 nitrogen and oxygen atoms in total. The first-order valence-corrected chi connectivity index (χ1v) is 12.1. The predicted molar refractivity (Wildman–Crippen MR) is 134 cm³/mol. The second-order valence-corrected chi connectivity index (χ2v) is 9.34. The van der Waals surface area contributed by atoms with E-state index < -0.39 is 0 Å². The van der Waals surface area contributed by atoms with Crippen LogP contribution in [0.4, 0.5) is 4.39 Å². The monoisotopic (exact) mass is 468 g/mol. The number of hydrogen-bond donors (Lipinski definition) is 0. The average Bonchev–Trinajstić information content (AvgIpc) is 3.23. The summed E-state index contributed by atoms with van der Waals surface area (Å²) in [6, 6.07) is 22.4. The van der Waals surface area contributed by atoms with Crippen LogP contribution in [0.2, 0.25) is 0 Å². The topological polar surface area (TPSA) is 51.0 Å². The number of halogens is 1. The molecule has 6 heteroatoms. The Kier molecular flexibility index (Phi) is 6.45. The van der Waals surface area contributed by atoms with Crippen LogP contribution in [0.3, 0.4) is 0 Å². The van der Waals surface area contributed by atoms with Crippen molar-refractivity contribution < 1.29 is 9.18 Å². The molecule has 1 aliphatic rings. The molecule has 1 aliphatic heterocycles. The van der Waals surface area contributed by atoms with Gasteiger partial charge in [0.25, 0.3) is 5.91 Å². The third-order valence-electron chi connectivity index (χ3n) is 6.60. The summed E-state index contributed by atoms with van der Waals surface area (Å²) in [5.41, 5.74) is 6.55. The fraction of sp³-hybridized carbons (Fsp3) is 0.276. The lowest BCUT2D eigenvalue weighted by Crippen LogP contribution is -2.39. The van der Waals surface area contributed by atoms with E-state index in [1.807, 2.05) is 65.9 Å². The minimum atomic E-state index is -0.233. The summed E-state index contributed by atoms with van der Waals surface area (Å²) in [5, 5.41) is 4.55. The molecule has 2 aromatic carbocycles. The summed E-state index contributed by atoms with van der Waals surface area (Å²) in [4.78, 5) is 20.3. The minimum Gasteiger partial charge on any atom is -0.338 e. The molecule has 1 amide bonds. The van der Waals surface area contributed by atoms with Crippen molar-refractivity contribution in [2.45, 2.75) is 39.0 Å². The Morgan fingerprint density at radius 3 is 2.60 bits per heavy atom. The SMILES string of the molecule is Cc1cc(C)n(-c2cccc(C(=O)N3CCC[C@H](c4cccc(Cc5ccc(F)cc5)n4)C3)c2)n1. The Morgan fingerprint density at radius 1 is 1.03 bits per heavy atom. The van der Waals surface area contributed by atoms with Gasteiger partial charge in [-0.25, -0.2) is 9.07 Å². The Balaban J connectivity index is 1.31. The lowest BCUT2D eigenvalue weighted by Gasteiger charge is -2.33. The number of carbonyl (C=O) groups is 1. The maximum Gasteiger partial charge on any atom is 0.253 e. The second-order valence-electron chi connectivity index (χ2n) is 9.34. The fourth-order valence-electron chi connectivity index (χ4n) is 4.88. The van der Waals surface area contributed by atoms with Crippen molar-refractivity contribution in [2.24, 2.45) is 0 Å². The first kappa shape index (κ1) is 23.0. The van der Waals surface area contributed by atoms with E-state index in [1.165, 1.54) is 12.1 Å². The van der Waals surface area contributed by atoms with Crippen molar-refractivity contribution in [1.29, 1.82) is 0 Å². The summed E-state index contributed by atoms with van der Waals surface area (Å²) in [7, 11) is 0. The molecule has 0 radical (unpaired) electrons. The quantitative estimate of drug-likeness (QED) is 0.381. The number of pyridine rings is 1. The highest BCUT2D eigenvalue weighted by Gasteiger charge is 2.26. The average molecular weight is 469 g/mol. The molecule has 0 aliphatic carbocycles. The number of aryl methyl sites for hydroxylation is 2. The number of aromatic nitrogens is 3. The smallest absolute Gasteiger partial charge is 0.253 e. The van der Waals surface area contributed by atoms with Crippen LogP contribution in [0.1, 0.15) is 57.5 Å². The van der Waals surface area contributed by atoms with Crippen LogP contribution in [0, 0.1) is 19.7 Å². The summed E-state index contributed by atoms with van der Waals surface area (Å²) in [5.74, 6) is 0.00318. The molecule has 35 heavy (non-hydrogen) atoms. The minimum absolute atomic E-state index is 0.0422. The van der Waals surface area contributed by atoms with Crippen LogP contribution in [0.5, 0.6) is 0 Å². The van der Waals surface area contributed by atoms with Gasteiger partial charge in [-0.15, -0.1) is 0 Å². The highest BCUT2D eigenvalue weighted by Crippen LogP contribution is 2.27. The van der Waals surface area contributed by atoms with Crippen molar-refractivity contribution in [3.63, 3.8) is 0 Å². The molecule has 3 heterocycles. The van der Waals surface area contributed by atoms with E-state index in [-0.39, 0.29) is 17.6 Å². The van der Waals surface area contributed by atoms with Crippen molar-refractivity contribution >= 4 is 5.91 Å². The molecule has 0 N–H and O–H groups in total. The van der Waals surface area contributed by atoms with Crippen molar-refractivity contribution in [1.82, 2.24) is 19.7 Å². The summed E-state index contributed by atoms with van der Waals surface area (Å²) in [6.07, 6.45) is 2.60. The number of carbonyl (C=O) groups excluding carboxylic acids is 1. The van der Waals surface area contributed by atoms with Gasteiger partial charge in [-0.3, -0.25) is 9.78 Å². The number of piperidine rings is 1. The molecule has 4 aromatic rings. The number of amides is 1. The molecule has 178 valence electrons. The standard InChI is InChI=1S/C29H29FN4O/c1-20-16-21(2)34(32-20)27-9-3-6-23(18-27)29(35)33-15-5-7-24(19-33)28-10-4-8-26(31-28)17-22-11-13-25(30)14-12-22/h3-4,6,8-14,16,18,24H,5,7,15,17,19H2,1-2H3/t24-/m0/s1. The van der Waals surface area contributed by atoms with Gasteiger partial charge in [0.2, 0.25) is 0 Å². The van der Waals surface area contributed by atoms with Gasteiger partial charge in [-0.1, -0.05) is 24.3 Å². The van der Waals surface area contributed by atoms with Crippen LogP contribution in [0.15, 0.2) is 72.8 Å². The number of likely N-dealkylation sites (tertiary alicyclic amines) is 1. The van der Waals surface area contributed by atoms with Crippen LogP contribution in [-0.4, -0.2) is 38.7 Å². The molecule has 5 rings (SSSR count). The van der Waals surface area contributed by atoms with Gasteiger partial charge in [0.1, 0.15) is 5.82 Å². The largest absolute Gasteiger partial charge is 0.338 e. The molecule has 1 atom stereocenters. The molecule has 0 bridgehead atoms. The van der Waals surface area contributed by atoms with Crippen molar-refractivity contribution in [3.8, 4) is 5.69 Å². The molecular formula is C29H29FN4O. The maximum atomic E-state index is 13.4. The first-order chi connectivity index (χ1) is 17.0. The lowest BCUT2D eigenvalue weighted by molar-refractivity contribution is 0.0706. The van der Waals surface area contributed by atoms with Crippen LogP contribution >= 0.6 is 0 Å². The Labute approximate surface area is 205 Å². The zero-order valence-electron chi connectivity index (χ0n) is 20.1. The number of benzene rings is 2. The normalized spacial score (nSPS) is 15.9. The fourth-order valence-corrected chi connectivity index (χ4v) is 4.88. The van der Waals surface area contributed by atoms with E-state index in [2.05, 4.69) is 11.2 Å². The molecule has 0 unspecified atom stereocenters. The predicted octanol–water partition coefficient (Wildman–Crippen LogP) is 5.63. The maximum absolute atomic E-state index is 13.4. The summed E-state index contributed by atoms with van der Waals surface area (Å²) in [6.45, 7) is 5.38. The molecular weight excluding hydrogens is 439 g/mol. The lowest BCUT2D eigenvalue weighted by atomic mass is 9.93. The van der Waals surface area contributed by atoms with E-state index in [9.17, 15) is 9.18 Å². The van der Waals surface area contributed by atoms with Crippen LogP contribution in [-0.2, 0) is 6.42 Å². The first-order valence-electron chi connectivity index (χ1n) is 12.1. The van der Waals surface area contributed by atoms with Crippen LogP contribution in [0.25, 0.3) is 5.69 Å². The molecule has 0 spiro atoms. The Morgan fingerprint density at radius 2 is 1.83 bits per heavy atom. The molecule has 1 fully saturated rings. The zero-order valence-corrected chi connectivity index (χ0v) is 20.1. The number of nitrogens with zero attached hydrogens (tertiary/aromatic N) is 4. The number of rotatable bonds is 5. The molecule has 2 aromatic heterocycles. The highest BCUT2D eigenvalue weighted by atomic mass is 19.1. The highest BCUT2D eigenvalue weighted by molar-refractivity contribution is 5.94. The molecule has 0 saturated carbocycles. The van der Waals surface area contributed by atoms with E-state index in [0.29, 0.717) is 18.5 Å². The summed E-state index contributed by atoms with van der Waals surface area (Å²) < 4.78 is 15.1. The second kappa shape index (κ2) is 9.82. The van der Waals surface area contributed by atoms with E-state index in [1.54, 1.807) is 12.1 Å². The van der Waals surface area contributed by atoms with Gasteiger partial charge in [0.15, 0.2) is 0 Å². The van der Waals surface area contributed by atoms with Gasteiger partial charge < -0.3 is 4.90 Å². The van der Waals surface area contributed by atoms with Crippen molar-refractivity contribution in [2.75, 3.05) is 13.1 Å².